The lowest BCUT2D eigenvalue weighted by Gasteiger charge is -2.11. The number of amides is 1. The molecule has 1 N–H and O–H groups in total. The van der Waals surface area contributed by atoms with E-state index in [1.165, 1.54) is 30.3 Å². The van der Waals surface area contributed by atoms with Crippen molar-refractivity contribution in [2.75, 3.05) is 18.8 Å². The van der Waals surface area contributed by atoms with Crippen LogP contribution in [0.3, 0.4) is 0 Å². The Balaban J connectivity index is 1.58. The average molecular weight is 327 g/mol. The monoisotopic (exact) mass is 327 g/mol. The second kappa shape index (κ2) is 5.86. The smallest absolute Gasteiger partial charge is 0.263 e. The van der Waals surface area contributed by atoms with E-state index in [0.717, 1.165) is 30.0 Å². The van der Waals surface area contributed by atoms with E-state index in [9.17, 15) is 13.2 Å². The minimum atomic E-state index is -3.15. The van der Waals surface area contributed by atoms with E-state index < -0.39 is 15.9 Å². The standard InChI is InChI=1S/C13H17N3O3S2/c17-13(15-10-3-6-21(18,19)9-10)11-7-14-12(20-11)8-16-4-1-2-5-16/h3,6-7,10H,1-2,4-5,8-9H2,(H,15,17)/t10-/m1/s1. The lowest BCUT2D eigenvalue weighted by Crippen LogP contribution is -2.35. The lowest BCUT2D eigenvalue weighted by atomic mass is 10.3. The minimum Gasteiger partial charge on any atom is -0.344 e. The molecule has 1 amide bonds. The molecule has 3 heterocycles. The number of thiazole rings is 1. The molecule has 0 saturated carbocycles. The first kappa shape index (κ1) is 14.7. The Bertz CT molecular complexity index is 660. The fourth-order valence-corrected chi connectivity index (χ4v) is 4.62. The van der Waals surface area contributed by atoms with E-state index in [0.29, 0.717) is 4.88 Å². The van der Waals surface area contributed by atoms with Crippen molar-refractivity contribution in [1.29, 1.82) is 0 Å². The van der Waals surface area contributed by atoms with Crippen LogP contribution in [-0.2, 0) is 16.4 Å². The molecule has 0 aromatic carbocycles. The molecule has 1 aromatic heterocycles. The maximum Gasteiger partial charge on any atom is 0.263 e. The lowest BCUT2D eigenvalue weighted by molar-refractivity contribution is 0.0951. The number of likely N-dealkylation sites (tertiary alicyclic amines) is 1. The molecule has 8 heteroatoms. The highest BCUT2D eigenvalue weighted by molar-refractivity contribution is 7.94. The van der Waals surface area contributed by atoms with Crippen LogP contribution < -0.4 is 5.32 Å². The number of aromatic nitrogens is 1. The second-order valence-electron chi connectivity index (χ2n) is 5.34. The average Bonchev–Trinajstić information content (AvgIpc) is 3.12. The summed E-state index contributed by atoms with van der Waals surface area (Å²) in [5.74, 6) is -0.315. The Kier molecular flexibility index (Phi) is 4.10. The van der Waals surface area contributed by atoms with Crippen LogP contribution in [0.15, 0.2) is 17.7 Å². The molecule has 2 aliphatic rings. The number of carbonyl (C=O) groups excluding carboxylic acids is 1. The van der Waals surface area contributed by atoms with Gasteiger partial charge >= 0.3 is 0 Å². The number of carbonyl (C=O) groups is 1. The molecule has 1 fully saturated rings. The molecular weight excluding hydrogens is 310 g/mol. The van der Waals surface area contributed by atoms with Gasteiger partial charge in [-0.25, -0.2) is 13.4 Å². The molecule has 21 heavy (non-hydrogen) atoms. The molecule has 0 spiro atoms. The number of nitrogens with one attached hydrogen (secondary N) is 1. The van der Waals surface area contributed by atoms with Crippen molar-refractivity contribution in [3.8, 4) is 0 Å². The Morgan fingerprint density at radius 3 is 2.86 bits per heavy atom. The molecular formula is C13H17N3O3S2. The third-order valence-electron chi connectivity index (χ3n) is 3.58. The van der Waals surface area contributed by atoms with Gasteiger partial charge < -0.3 is 5.32 Å². The van der Waals surface area contributed by atoms with E-state index in [2.05, 4.69) is 15.2 Å². The summed E-state index contributed by atoms with van der Waals surface area (Å²) in [7, 11) is -3.15. The highest BCUT2D eigenvalue weighted by atomic mass is 32.2. The zero-order chi connectivity index (χ0) is 14.9. The number of hydrogen-bond acceptors (Lipinski definition) is 6. The van der Waals surface area contributed by atoms with Crippen LogP contribution in [0.1, 0.15) is 27.5 Å². The van der Waals surface area contributed by atoms with Crippen LogP contribution in [0.2, 0.25) is 0 Å². The highest BCUT2D eigenvalue weighted by Crippen LogP contribution is 2.18. The first-order valence-corrected chi connectivity index (χ1v) is 9.44. The topological polar surface area (TPSA) is 79.4 Å². The van der Waals surface area contributed by atoms with Gasteiger partial charge in [0.1, 0.15) is 9.88 Å². The van der Waals surface area contributed by atoms with Crippen molar-refractivity contribution >= 4 is 27.1 Å². The maximum absolute atomic E-state index is 12.1. The van der Waals surface area contributed by atoms with Crippen LogP contribution in [0.25, 0.3) is 0 Å². The summed E-state index contributed by atoms with van der Waals surface area (Å²) in [5, 5.41) is 4.79. The fourth-order valence-electron chi connectivity index (χ4n) is 2.53. The van der Waals surface area contributed by atoms with Gasteiger partial charge in [0.15, 0.2) is 9.84 Å². The molecule has 0 bridgehead atoms. The zero-order valence-corrected chi connectivity index (χ0v) is 13.1. The molecule has 0 unspecified atom stereocenters. The highest BCUT2D eigenvalue weighted by Gasteiger charge is 2.24. The third kappa shape index (κ3) is 3.69. The summed E-state index contributed by atoms with van der Waals surface area (Å²) in [5.41, 5.74) is 0. The fraction of sp³-hybridized carbons (Fsp3) is 0.538. The molecule has 114 valence electrons. The van der Waals surface area contributed by atoms with Gasteiger partial charge in [0.05, 0.1) is 24.5 Å². The van der Waals surface area contributed by atoms with Crippen molar-refractivity contribution in [2.45, 2.75) is 25.4 Å². The molecule has 1 aromatic rings. The second-order valence-corrected chi connectivity index (χ2v) is 8.39. The first-order valence-electron chi connectivity index (χ1n) is 6.91. The van der Waals surface area contributed by atoms with Gasteiger partial charge in [-0.3, -0.25) is 9.69 Å². The quantitative estimate of drug-likeness (QED) is 0.884. The van der Waals surface area contributed by atoms with Gasteiger partial charge in [0.25, 0.3) is 5.91 Å². The SMILES string of the molecule is O=C(N[C@@H]1C=CS(=O)(=O)C1)c1cnc(CN2CCCC2)s1. The van der Waals surface area contributed by atoms with Crippen molar-refractivity contribution in [2.24, 2.45) is 0 Å². The van der Waals surface area contributed by atoms with Crippen molar-refractivity contribution in [1.82, 2.24) is 15.2 Å². The molecule has 1 saturated heterocycles. The Hall–Kier alpha value is -1.25. The predicted molar refractivity (Wildman–Crippen MR) is 80.8 cm³/mol. The summed E-state index contributed by atoms with van der Waals surface area (Å²) < 4.78 is 22.6. The van der Waals surface area contributed by atoms with Crippen LogP contribution in [-0.4, -0.2) is 49.1 Å². The number of hydrogen-bond donors (Lipinski definition) is 1. The van der Waals surface area contributed by atoms with E-state index >= 15 is 0 Å². The zero-order valence-electron chi connectivity index (χ0n) is 11.5. The Morgan fingerprint density at radius 1 is 1.43 bits per heavy atom. The van der Waals surface area contributed by atoms with Crippen molar-refractivity contribution in [3.05, 3.63) is 27.6 Å². The first-order chi connectivity index (χ1) is 10.0. The van der Waals surface area contributed by atoms with Gasteiger partial charge in [-0.1, -0.05) is 0 Å². The molecule has 1 atom stereocenters. The molecule has 0 aliphatic carbocycles. The maximum atomic E-state index is 12.1. The van der Waals surface area contributed by atoms with Crippen LogP contribution in [0, 0.1) is 0 Å². The summed E-state index contributed by atoms with van der Waals surface area (Å²) in [6, 6.07) is -0.438. The number of nitrogens with zero attached hydrogens (tertiary/aromatic N) is 2. The molecule has 3 rings (SSSR count). The summed E-state index contributed by atoms with van der Waals surface area (Å²) in [4.78, 5) is 19.2. The van der Waals surface area contributed by atoms with Gasteiger partial charge in [-0.05, 0) is 32.0 Å². The van der Waals surface area contributed by atoms with E-state index in [1.54, 1.807) is 6.20 Å². The van der Waals surface area contributed by atoms with Crippen LogP contribution >= 0.6 is 11.3 Å². The van der Waals surface area contributed by atoms with E-state index in [1.807, 2.05) is 0 Å². The Morgan fingerprint density at radius 2 is 2.19 bits per heavy atom. The third-order valence-corrected chi connectivity index (χ3v) is 5.96. The van der Waals surface area contributed by atoms with Crippen LogP contribution in [0.5, 0.6) is 0 Å². The number of sulfone groups is 1. The summed E-state index contributed by atoms with van der Waals surface area (Å²) in [6.07, 6.45) is 5.53. The van der Waals surface area contributed by atoms with Crippen LogP contribution in [0.4, 0.5) is 0 Å². The van der Waals surface area contributed by atoms with Gasteiger partial charge in [0.2, 0.25) is 0 Å². The normalized spacial score (nSPS) is 24.5. The van der Waals surface area contributed by atoms with Crippen molar-refractivity contribution < 1.29 is 13.2 Å². The van der Waals surface area contributed by atoms with Gasteiger partial charge in [-0.2, -0.15) is 0 Å². The summed E-state index contributed by atoms with van der Waals surface area (Å²) in [6.45, 7) is 2.97. The summed E-state index contributed by atoms with van der Waals surface area (Å²) >= 11 is 1.37. The van der Waals surface area contributed by atoms with E-state index in [-0.39, 0.29) is 11.7 Å². The molecule has 0 radical (unpaired) electrons. The van der Waals surface area contributed by atoms with Gasteiger partial charge in [-0.15, -0.1) is 11.3 Å². The molecule has 2 aliphatic heterocycles. The number of rotatable bonds is 4. The molecule has 6 nitrogen and oxygen atoms in total. The Labute approximate surface area is 127 Å². The van der Waals surface area contributed by atoms with E-state index in [4.69, 9.17) is 0 Å². The van der Waals surface area contributed by atoms with Gasteiger partial charge in [0, 0.05) is 5.41 Å². The minimum absolute atomic E-state index is 0.0574. The van der Waals surface area contributed by atoms with Crippen molar-refractivity contribution in [3.63, 3.8) is 0 Å². The largest absolute Gasteiger partial charge is 0.344 e. The predicted octanol–water partition coefficient (Wildman–Crippen LogP) is 0.779.